The third-order valence-electron chi connectivity index (χ3n) is 3.27. The Balaban J connectivity index is 1.88. The van der Waals surface area contributed by atoms with Crippen LogP contribution in [0.4, 0.5) is 0 Å². The number of H-pyrrole nitrogens is 1. The van der Waals surface area contributed by atoms with Crippen LogP contribution >= 0.6 is 10.5 Å². The van der Waals surface area contributed by atoms with Crippen molar-refractivity contribution in [2.75, 3.05) is 0 Å². The molecule has 3 rings (SSSR count). The van der Waals surface area contributed by atoms with Crippen LogP contribution in [-0.2, 0) is 0 Å². The third kappa shape index (κ3) is 3.01. The van der Waals surface area contributed by atoms with E-state index in [9.17, 15) is 4.55 Å². The summed E-state index contributed by atoms with van der Waals surface area (Å²) in [5.41, 5.74) is 2.97. The van der Waals surface area contributed by atoms with E-state index in [0.717, 1.165) is 22.2 Å². The molecule has 3 aromatic rings. The largest absolute Gasteiger partial charge is 0.354 e. The Morgan fingerprint density at radius 2 is 1.86 bits per heavy atom. The summed E-state index contributed by atoms with van der Waals surface area (Å²) in [5.74, 6) is 0. The van der Waals surface area contributed by atoms with Crippen molar-refractivity contribution in [3.05, 3.63) is 72.1 Å². The number of aromatic nitrogens is 1. The topological polar surface area (TPSA) is 48.4 Å². The minimum atomic E-state index is -2.66. The van der Waals surface area contributed by atoms with Gasteiger partial charge in [0.15, 0.2) is 0 Å². The number of hydrogen-bond acceptors (Lipinski definition) is 2. The Morgan fingerprint density at radius 1 is 1.14 bits per heavy atom. The maximum atomic E-state index is 10.4. The first-order valence-electron chi connectivity index (χ1n) is 6.58. The van der Waals surface area contributed by atoms with E-state index in [1.165, 1.54) is 0 Å². The minimum absolute atomic E-state index is 0.639. The van der Waals surface area contributed by atoms with Gasteiger partial charge in [0.05, 0.1) is 18.2 Å². The van der Waals surface area contributed by atoms with E-state index in [1.54, 1.807) is 6.21 Å². The molecule has 0 aliphatic carbocycles. The van der Waals surface area contributed by atoms with Crippen LogP contribution in [-0.4, -0.2) is 15.8 Å². The first-order chi connectivity index (χ1) is 10.0. The summed E-state index contributed by atoms with van der Waals surface area (Å²) in [6.45, 7) is 1.99. The summed E-state index contributed by atoms with van der Waals surface area (Å²) in [5, 5.41) is 1.10. The van der Waals surface area contributed by atoms with Crippen molar-refractivity contribution in [1.82, 2.24) is 4.98 Å². The molecule has 4 heteroatoms. The number of benzene rings is 2. The van der Waals surface area contributed by atoms with Crippen molar-refractivity contribution in [2.45, 2.75) is 11.8 Å². The SMILES string of the molecule is [CH]S(O)(/N=C\c1cc2ccccc2[nH]1)c1ccc(C)cc1. The zero-order valence-corrected chi connectivity index (χ0v) is 12.5. The quantitative estimate of drug-likeness (QED) is 0.669. The molecule has 0 amide bonds. The molecule has 21 heavy (non-hydrogen) atoms. The van der Waals surface area contributed by atoms with Crippen LogP contribution in [0.15, 0.2) is 63.9 Å². The van der Waals surface area contributed by atoms with Gasteiger partial charge in [0.2, 0.25) is 0 Å². The van der Waals surface area contributed by atoms with Gasteiger partial charge in [0, 0.05) is 15.8 Å². The van der Waals surface area contributed by atoms with Gasteiger partial charge in [-0.1, -0.05) is 35.9 Å². The summed E-state index contributed by atoms with van der Waals surface area (Å²) in [7, 11) is -2.66. The normalized spacial score (nSPS) is 16.1. The monoisotopic (exact) mass is 296 g/mol. The Morgan fingerprint density at radius 3 is 2.57 bits per heavy atom. The van der Waals surface area contributed by atoms with E-state index in [-0.39, 0.29) is 0 Å². The molecule has 0 spiro atoms. The lowest BCUT2D eigenvalue weighted by molar-refractivity contribution is 0.636. The maximum Gasteiger partial charge on any atom is 0.0646 e. The van der Waals surface area contributed by atoms with E-state index >= 15 is 0 Å². The fraction of sp³-hybridized carbons (Fsp3) is 0.0588. The predicted octanol–water partition coefficient (Wildman–Crippen LogP) is 4.82. The molecule has 1 heterocycles. The van der Waals surface area contributed by atoms with Gasteiger partial charge in [-0.05, 0) is 41.7 Å². The maximum absolute atomic E-state index is 10.4. The second-order valence-electron chi connectivity index (χ2n) is 4.95. The van der Waals surface area contributed by atoms with Gasteiger partial charge in [0.1, 0.15) is 0 Å². The second-order valence-corrected chi connectivity index (χ2v) is 6.82. The van der Waals surface area contributed by atoms with E-state index in [4.69, 9.17) is 6.26 Å². The lowest BCUT2D eigenvalue weighted by Crippen LogP contribution is -1.93. The van der Waals surface area contributed by atoms with E-state index in [0.29, 0.717) is 4.90 Å². The number of fused-ring (bicyclic) bond motifs is 1. The molecule has 2 N–H and O–H groups in total. The van der Waals surface area contributed by atoms with Crippen molar-refractivity contribution >= 4 is 27.6 Å². The van der Waals surface area contributed by atoms with Crippen LogP contribution in [0.1, 0.15) is 11.3 Å². The second kappa shape index (κ2) is 5.39. The van der Waals surface area contributed by atoms with Gasteiger partial charge in [-0.2, -0.15) is 0 Å². The minimum Gasteiger partial charge on any atom is -0.354 e. The van der Waals surface area contributed by atoms with Crippen molar-refractivity contribution in [3.8, 4) is 0 Å². The molecule has 3 nitrogen and oxygen atoms in total. The number of hydrogen-bond donors (Lipinski definition) is 2. The van der Waals surface area contributed by atoms with Crippen molar-refractivity contribution in [1.29, 1.82) is 0 Å². The molecule has 0 fully saturated rings. The van der Waals surface area contributed by atoms with Gasteiger partial charge in [-0.3, -0.25) is 0 Å². The van der Waals surface area contributed by atoms with Crippen molar-refractivity contribution in [3.63, 3.8) is 0 Å². The van der Waals surface area contributed by atoms with Gasteiger partial charge in [0.25, 0.3) is 0 Å². The van der Waals surface area contributed by atoms with Gasteiger partial charge in [-0.15, -0.1) is 0 Å². The van der Waals surface area contributed by atoms with Gasteiger partial charge < -0.3 is 9.54 Å². The van der Waals surface area contributed by atoms with E-state index in [1.807, 2.05) is 61.5 Å². The zero-order chi connectivity index (χ0) is 14.9. The highest BCUT2D eigenvalue weighted by atomic mass is 32.3. The molecule has 0 saturated heterocycles. The molecule has 0 aliphatic rings. The fourth-order valence-corrected chi connectivity index (χ4v) is 3.03. The summed E-state index contributed by atoms with van der Waals surface area (Å²) >= 11 is 0. The lowest BCUT2D eigenvalue weighted by Gasteiger charge is -2.23. The zero-order valence-electron chi connectivity index (χ0n) is 11.7. The van der Waals surface area contributed by atoms with Crippen molar-refractivity contribution in [2.24, 2.45) is 4.40 Å². The highest BCUT2D eigenvalue weighted by Gasteiger charge is 2.15. The summed E-state index contributed by atoms with van der Waals surface area (Å²) in [6, 6.07) is 17.4. The van der Waals surface area contributed by atoms with E-state index < -0.39 is 10.5 Å². The van der Waals surface area contributed by atoms with Crippen LogP contribution in [0.25, 0.3) is 10.9 Å². The number of nitrogens with zero attached hydrogens (tertiary/aromatic N) is 1. The smallest absolute Gasteiger partial charge is 0.0646 e. The Hall–Kier alpha value is -2.04. The van der Waals surface area contributed by atoms with Crippen LogP contribution < -0.4 is 0 Å². The fourth-order valence-electron chi connectivity index (χ4n) is 2.10. The highest BCUT2D eigenvalue weighted by molar-refractivity contribution is 8.29. The van der Waals surface area contributed by atoms with Crippen LogP contribution in [0.2, 0.25) is 0 Å². The Bertz CT molecular complexity index is 755. The molecule has 2 aromatic carbocycles. The molecule has 0 bridgehead atoms. The van der Waals surface area contributed by atoms with Crippen LogP contribution in [0.5, 0.6) is 0 Å². The Kier molecular flexibility index (Phi) is 3.57. The molecule has 1 aromatic heterocycles. The number of rotatable bonds is 3. The predicted molar refractivity (Wildman–Crippen MR) is 89.9 cm³/mol. The van der Waals surface area contributed by atoms with Crippen LogP contribution in [0.3, 0.4) is 0 Å². The van der Waals surface area contributed by atoms with Crippen LogP contribution in [0, 0.1) is 13.2 Å². The molecule has 0 aliphatic heterocycles. The van der Waals surface area contributed by atoms with Gasteiger partial charge >= 0.3 is 0 Å². The van der Waals surface area contributed by atoms with Crippen molar-refractivity contribution < 1.29 is 4.55 Å². The molecule has 106 valence electrons. The summed E-state index contributed by atoms with van der Waals surface area (Å²) < 4.78 is 14.5. The highest BCUT2D eigenvalue weighted by Crippen LogP contribution is 2.51. The molecule has 1 unspecified atom stereocenters. The molecular weight excluding hydrogens is 280 g/mol. The molecule has 1 atom stereocenters. The molecule has 0 saturated carbocycles. The average molecular weight is 296 g/mol. The number of para-hydroxylation sites is 1. The summed E-state index contributed by atoms with van der Waals surface area (Å²) in [6.07, 6.45) is 7.55. The third-order valence-corrected chi connectivity index (χ3v) is 4.66. The molecular formula is C17H16N2OS. The number of aryl methyl sites for hydroxylation is 1. The first-order valence-corrected chi connectivity index (χ1v) is 8.19. The number of aromatic amines is 1. The average Bonchev–Trinajstić information content (AvgIpc) is 2.89. The number of nitrogens with one attached hydrogen (secondary N) is 1. The summed E-state index contributed by atoms with van der Waals surface area (Å²) in [4.78, 5) is 3.87. The Labute approximate surface area is 126 Å². The van der Waals surface area contributed by atoms with Gasteiger partial charge in [-0.25, -0.2) is 4.40 Å². The first kappa shape index (κ1) is 13.9. The van der Waals surface area contributed by atoms with E-state index in [2.05, 4.69) is 9.38 Å². The lowest BCUT2D eigenvalue weighted by atomic mass is 10.2. The molecule has 2 radical (unpaired) electrons. The standard InChI is InChI=1S/C17H16N2OS/c1-13-7-9-16(10-8-13)21(2,20)18-12-15-11-14-5-3-4-6-17(14)19-15/h2-12,19-20H,1H3/b18-12-.